The van der Waals surface area contributed by atoms with Gasteiger partial charge in [-0.3, -0.25) is 10.5 Å². The van der Waals surface area contributed by atoms with Crippen LogP contribution in [0.1, 0.15) is 60.8 Å². The molecule has 4 rings (SSSR count). The molecule has 0 radical (unpaired) electrons. The molecule has 0 aliphatic carbocycles. The number of aromatic nitrogens is 4. The molecule has 2 aromatic carbocycles. The third kappa shape index (κ3) is 4.72. The number of tetrazole rings is 1. The van der Waals surface area contributed by atoms with E-state index >= 15 is 0 Å². The van der Waals surface area contributed by atoms with Crippen LogP contribution in [0.5, 0.6) is 17.2 Å². The summed E-state index contributed by atoms with van der Waals surface area (Å²) in [5.74, 6) is 1.35. The topological polar surface area (TPSA) is 125 Å². The number of benzene rings is 2. The Labute approximate surface area is 186 Å². The number of carbonyl (C=O) groups excluding carboxylic acids is 1. The molecular weight excluding hydrogens is 410 g/mol. The van der Waals surface area contributed by atoms with Crippen molar-refractivity contribution in [3.05, 3.63) is 59.4 Å². The van der Waals surface area contributed by atoms with Gasteiger partial charge in [0, 0.05) is 5.56 Å². The predicted molar refractivity (Wildman–Crippen MR) is 117 cm³/mol. The lowest BCUT2D eigenvalue weighted by Gasteiger charge is -2.33. The zero-order valence-electron chi connectivity index (χ0n) is 18.0. The van der Waals surface area contributed by atoms with Crippen molar-refractivity contribution >= 4 is 5.78 Å². The summed E-state index contributed by atoms with van der Waals surface area (Å²) in [6.07, 6.45) is 5.90. The number of ether oxygens (including phenoxy) is 3. The Kier molecular flexibility index (Phi) is 6.65. The van der Waals surface area contributed by atoms with Gasteiger partial charge in [0.25, 0.3) is 5.72 Å². The molecule has 1 aliphatic heterocycles. The van der Waals surface area contributed by atoms with Crippen LogP contribution in [-0.2, 0) is 5.72 Å². The van der Waals surface area contributed by atoms with Crippen LogP contribution in [0.15, 0.2) is 42.5 Å². The molecule has 9 heteroatoms. The highest BCUT2D eigenvalue weighted by atomic mass is 16.6. The summed E-state index contributed by atoms with van der Waals surface area (Å²) in [5.41, 5.74) is 5.68. The van der Waals surface area contributed by atoms with Gasteiger partial charge in [0.2, 0.25) is 5.82 Å². The largest absolute Gasteiger partial charge is 0.494 e. The lowest BCUT2D eigenvalue weighted by atomic mass is 10.0. The number of para-hydroxylation sites is 1. The van der Waals surface area contributed by atoms with E-state index in [-0.39, 0.29) is 24.0 Å². The highest BCUT2D eigenvalue weighted by Gasteiger charge is 2.41. The first kappa shape index (κ1) is 21.8. The molecule has 1 aliphatic rings. The third-order valence-corrected chi connectivity index (χ3v) is 5.31. The van der Waals surface area contributed by atoms with E-state index in [0.29, 0.717) is 23.5 Å². The Bertz CT molecular complexity index is 1040. The molecule has 0 bridgehead atoms. The fourth-order valence-electron chi connectivity index (χ4n) is 3.52. The van der Waals surface area contributed by atoms with Gasteiger partial charge in [-0.05, 0) is 48.0 Å². The van der Waals surface area contributed by atoms with Gasteiger partial charge in [0.05, 0.1) is 12.2 Å². The highest BCUT2D eigenvalue weighted by Crippen LogP contribution is 2.40. The van der Waals surface area contributed by atoms with Crippen molar-refractivity contribution in [2.45, 2.75) is 44.8 Å². The number of nitrogens with zero attached hydrogens (tertiary/aromatic N) is 3. The number of nitrogens with two attached hydrogens (primary N) is 1. The van der Waals surface area contributed by atoms with E-state index in [1.54, 1.807) is 42.5 Å². The first-order valence-electron chi connectivity index (χ1n) is 10.9. The average Bonchev–Trinajstić information content (AvgIpc) is 3.37. The molecule has 1 atom stereocenters. The first-order valence-corrected chi connectivity index (χ1v) is 10.9. The Morgan fingerprint density at radius 2 is 1.97 bits per heavy atom. The Morgan fingerprint density at radius 1 is 1.16 bits per heavy atom. The van der Waals surface area contributed by atoms with E-state index in [4.69, 9.17) is 19.9 Å². The van der Waals surface area contributed by atoms with Gasteiger partial charge in [0.15, 0.2) is 17.3 Å². The monoisotopic (exact) mass is 437 g/mol. The molecule has 0 spiro atoms. The summed E-state index contributed by atoms with van der Waals surface area (Å²) in [7, 11) is 0. The van der Waals surface area contributed by atoms with Gasteiger partial charge in [-0.25, -0.2) is 0 Å². The second-order valence-electron chi connectivity index (χ2n) is 7.76. The van der Waals surface area contributed by atoms with Gasteiger partial charge >= 0.3 is 0 Å². The van der Waals surface area contributed by atoms with Crippen molar-refractivity contribution in [3.63, 3.8) is 0 Å². The van der Waals surface area contributed by atoms with E-state index in [1.807, 2.05) is 0 Å². The van der Waals surface area contributed by atoms with E-state index in [0.717, 1.165) is 18.6 Å². The zero-order valence-corrected chi connectivity index (χ0v) is 18.0. The van der Waals surface area contributed by atoms with Crippen LogP contribution in [0.25, 0.3) is 0 Å². The summed E-state index contributed by atoms with van der Waals surface area (Å²) in [6, 6.07) is 12.2. The number of hydrogen-bond donors (Lipinski definition) is 2. The van der Waals surface area contributed by atoms with Gasteiger partial charge in [-0.2, -0.15) is 5.21 Å². The molecular formula is C23H27N5O4. The van der Waals surface area contributed by atoms with E-state index in [2.05, 4.69) is 27.5 Å². The number of unbranched alkanes of at least 4 members (excludes halogenated alkanes) is 4. The Balaban J connectivity index is 1.45. The number of fused-ring (bicyclic) bond motifs is 1. The van der Waals surface area contributed by atoms with Crippen molar-refractivity contribution in [2.75, 3.05) is 13.2 Å². The van der Waals surface area contributed by atoms with Crippen LogP contribution in [-0.4, -0.2) is 39.6 Å². The molecule has 3 aromatic rings. The van der Waals surface area contributed by atoms with Crippen molar-refractivity contribution < 1.29 is 19.0 Å². The number of rotatable bonds is 10. The second-order valence-corrected chi connectivity index (χ2v) is 7.76. The van der Waals surface area contributed by atoms with Crippen LogP contribution in [0.3, 0.4) is 0 Å². The van der Waals surface area contributed by atoms with Crippen LogP contribution in [0.4, 0.5) is 0 Å². The molecule has 0 amide bonds. The molecule has 0 saturated carbocycles. The fourth-order valence-corrected chi connectivity index (χ4v) is 3.52. The van der Waals surface area contributed by atoms with Crippen LogP contribution >= 0.6 is 0 Å². The van der Waals surface area contributed by atoms with Gasteiger partial charge in [0.1, 0.15) is 12.4 Å². The number of ketones is 1. The molecule has 2 heterocycles. The predicted octanol–water partition coefficient (Wildman–Crippen LogP) is 3.36. The number of hydrogen-bond acceptors (Lipinski definition) is 8. The lowest BCUT2D eigenvalue weighted by molar-refractivity contribution is -0.0154. The van der Waals surface area contributed by atoms with E-state index in [1.165, 1.54) is 19.3 Å². The Morgan fingerprint density at radius 3 is 2.72 bits per heavy atom. The maximum Gasteiger partial charge on any atom is 0.257 e. The molecule has 1 aromatic heterocycles. The van der Waals surface area contributed by atoms with Crippen LogP contribution < -0.4 is 19.9 Å². The molecule has 32 heavy (non-hydrogen) atoms. The average molecular weight is 438 g/mol. The van der Waals surface area contributed by atoms with Gasteiger partial charge in [-0.1, -0.05) is 38.7 Å². The summed E-state index contributed by atoms with van der Waals surface area (Å²) >= 11 is 0. The SMILES string of the molecule is CCCCCCCOc1ccc(C(=O)c2cccc3c2OC(N)(c2nn[nH]n2)CO3)cc1. The number of aromatic amines is 1. The molecule has 9 nitrogen and oxygen atoms in total. The highest BCUT2D eigenvalue weighted by molar-refractivity contribution is 6.11. The molecule has 0 fully saturated rings. The standard InChI is InChI=1S/C23H27N5O4/c1-2-3-4-5-6-14-30-17-12-10-16(11-13-17)20(29)18-8-7-9-19-21(18)32-23(24,15-31-19)22-25-27-28-26-22/h7-13H,2-6,14-15,24H2,1H3,(H,25,26,27,28). The third-order valence-electron chi connectivity index (χ3n) is 5.31. The minimum Gasteiger partial charge on any atom is -0.494 e. The second kappa shape index (κ2) is 9.78. The normalized spacial score (nSPS) is 17.2. The number of nitrogens with one attached hydrogen (secondary N) is 1. The minimum atomic E-state index is -1.45. The first-order chi connectivity index (χ1) is 15.6. The van der Waals surface area contributed by atoms with E-state index in [9.17, 15) is 4.79 Å². The quantitative estimate of drug-likeness (QED) is 0.365. The molecule has 0 saturated heterocycles. The smallest absolute Gasteiger partial charge is 0.257 e. The van der Waals surface area contributed by atoms with Crippen LogP contribution in [0, 0.1) is 0 Å². The summed E-state index contributed by atoms with van der Waals surface area (Å²) < 4.78 is 17.5. The maximum absolute atomic E-state index is 13.2. The maximum atomic E-state index is 13.2. The molecule has 3 N–H and O–H groups in total. The van der Waals surface area contributed by atoms with Gasteiger partial charge < -0.3 is 14.2 Å². The van der Waals surface area contributed by atoms with Crippen molar-refractivity contribution in [3.8, 4) is 17.2 Å². The number of carbonyl (C=O) groups is 1. The summed E-state index contributed by atoms with van der Waals surface area (Å²) in [6.45, 7) is 2.86. The zero-order chi connectivity index (χ0) is 22.4. The minimum absolute atomic E-state index is 0.0122. The van der Waals surface area contributed by atoms with Crippen LogP contribution in [0.2, 0.25) is 0 Å². The van der Waals surface area contributed by atoms with E-state index < -0.39 is 5.72 Å². The Hall–Kier alpha value is -3.46. The van der Waals surface area contributed by atoms with Crippen molar-refractivity contribution in [2.24, 2.45) is 5.73 Å². The number of H-pyrrole nitrogens is 1. The molecule has 1 unspecified atom stereocenters. The fraction of sp³-hybridized carbons (Fsp3) is 0.391. The van der Waals surface area contributed by atoms with Crippen molar-refractivity contribution in [1.82, 2.24) is 20.6 Å². The van der Waals surface area contributed by atoms with Crippen molar-refractivity contribution in [1.29, 1.82) is 0 Å². The van der Waals surface area contributed by atoms with Gasteiger partial charge in [-0.15, -0.1) is 10.2 Å². The summed E-state index contributed by atoms with van der Waals surface area (Å²) in [5, 5.41) is 13.7. The molecule has 168 valence electrons. The lowest BCUT2D eigenvalue weighted by Crippen LogP contribution is -2.51. The summed E-state index contributed by atoms with van der Waals surface area (Å²) in [4.78, 5) is 13.2.